The van der Waals surface area contributed by atoms with Crippen molar-refractivity contribution < 1.29 is 22.7 Å². The van der Waals surface area contributed by atoms with Crippen molar-refractivity contribution in [1.29, 1.82) is 0 Å². The van der Waals surface area contributed by atoms with Crippen LogP contribution in [0.4, 0.5) is 5.69 Å². The standard InChI is InChI=1S/C32H27N3O5S2.Na/c1-22-11-17-27(18-12-22)42(38,39)35-30(36)19-23-13-15-26(16-14-23)33-32-34-31(37)29(41-32)20-25-9-5-6-10-28(25)40-21-24-7-3-2-4-8-24;/h2-18,20H,19,21H2,1H3,(H,35,36)(H,33,34,37);. The van der Waals surface area contributed by atoms with E-state index in [0.717, 1.165) is 16.7 Å². The summed E-state index contributed by atoms with van der Waals surface area (Å²) in [7, 11) is -3.95. The van der Waals surface area contributed by atoms with Gasteiger partial charge in [0.15, 0.2) is 5.17 Å². The van der Waals surface area contributed by atoms with Crippen molar-refractivity contribution in [2.45, 2.75) is 24.8 Å². The van der Waals surface area contributed by atoms with Crippen molar-refractivity contribution in [2.24, 2.45) is 4.99 Å². The van der Waals surface area contributed by atoms with E-state index in [2.05, 4.69) is 15.0 Å². The Morgan fingerprint density at radius 2 is 1.58 bits per heavy atom. The molecule has 1 fully saturated rings. The Labute approximate surface area is 277 Å². The molecule has 1 saturated heterocycles. The van der Waals surface area contributed by atoms with E-state index in [1.165, 1.54) is 23.9 Å². The Hall–Kier alpha value is -3.67. The van der Waals surface area contributed by atoms with Crippen LogP contribution < -0.4 is 14.8 Å². The fraction of sp³-hybridized carbons (Fsp3) is 0.0938. The van der Waals surface area contributed by atoms with Crippen molar-refractivity contribution in [2.75, 3.05) is 0 Å². The van der Waals surface area contributed by atoms with E-state index >= 15 is 0 Å². The number of amidine groups is 1. The molecule has 1 heterocycles. The number of sulfonamides is 1. The molecule has 2 amide bonds. The molecular weight excluding hydrogens is 593 g/mol. The van der Waals surface area contributed by atoms with Crippen LogP contribution in [0.15, 0.2) is 118 Å². The zero-order valence-electron chi connectivity index (χ0n) is 23.6. The molecule has 0 spiro atoms. The van der Waals surface area contributed by atoms with Crippen LogP contribution in [0, 0.1) is 6.92 Å². The van der Waals surface area contributed by atoms with Crippen LogP contribution in [-0.4, -0.2) is 55.0 Å². The minimum atomic E-state index is -3.95. The van der Waals surface area contributed by atoms with Crippen LogP contribution in [0.25, 0.3) is 6.08 Å². The topological polar surface area (TPSA) is 114 Å². The maximum absolute atomic E-state index is 12.7. The Bertz CT molecular complexity index is 1770. The number of carbonyl (C=O) groups is 2. The summed E-state index contributed by atoms with van der Waals surface area (Å²) in [5, 5.41) is 3.20. The molecule has 4 aromatic carbocycles. The van der Waals surface area contributed by atoms with Gasteiger partial charge in [-0.2, -0.15) is 0 Å². The second-order valence-electron chi connectivity index (χ2n) is 9.48. The maximum atomic E-state index is 12.7. The molecule has 2 N–H and O–H groups in total. The number of rotatable bonds is 9. The van der Waals surface area contributed by atoms with E-state index in [1.807, 2.05) is 61.5 Å². The SMILES string of the molecule is Cc1ccc(S(=O)(=O)NC(=O)Cc2ccc(N=C3NC(=O)C(=Cc4ccccc4OCc4ccccc4)S3)cc2)cc1.[Na]. The molecule has 43 heavy (non-hydrogen) atoms. The summed E-state index contributed by atoms with van der Waals surface area (Å²) in [6, 6.07) is 30.4. The van der Waals surface area contributed by atoms with E-state index in [0.29, 0.717) is 33.7 Å². The molecule has 0 aromatic heterocycles. The summed E-state index contributed by atoms with van der Waals surface area (Å²) >= 11 is 1.22. The van der Waals surface area contributed by atoms with Crippen LogP contribution in [-0.2, 0) is 32.6 Å². The summed E-state index contributed by atoms with van der Waals surface area (Å²) in [5.41, 5.74) is 3.93. The van der Waals surface area contributed by atoms with Crippen molar-refractivity contribution >= 4 is 80.1 Å². The monoisotopic (exact) mass is 620 g/mol. The van der Waals surface area contributed by atoms with Crippen LogP contribution in [0.1, 0.15) is 22.3 Å². The number of nitrogens with zero attached hydrogens (tertiary/aromatic N) is 1. The first kappa shape index (κ1) is 32.2. The Morgan fingerprint density at radius 1 is 0.907 bits per heavy atom. The van der Waals surface area contributed by atoms with Crippen molar-refractivity contribution in [3.8, 4) is 5.75 Å². The summed E-state index contributed by atoms with van der Waals surface area (Å²) in [4.78, 5) is 30.1. The minimum Gasteiger partial charge on any atom is -0.488 e. The smallest absolute Gasteiger partial charge is 0.264 e. The fourth-order valence-electron chi connectivity index (χ4n) is 4.04. The molecule has 1 radical (unpaired) electrons. The molecule has 213 valence electrons. The van der Waals surface area contributed by atoms with Crippen molar-refractivity contribution in [3.63, 3.8) is 0 Å². The van der Waals surface area contributed by atoms with Gasteiger partial charge in [0.05, 0.1) is 21.9 Å². The third kappa shape index (κ3) is 8.92. The number of aliphatic imine (C=N–C) groups is 1. The van der Waals surface area contributed by atoms with E-state index in [-0.39, 0.29) is 46.8 Å². The molecule has 4 aromatic rings. The third-order valence-corrected chi connectivity index (χ3v) is 8.50. The Morgan fingerprint density at radius 3 is 2.30 bits per heavy atom. The molecular formula is C32H27N3NaO5S2. The van der Waals surface area contributed by atoms with Crippen molar-refractivity contribution in [1.82, 2.24) is 10.0 Å². The molecule has 0 saturated carbocycles. The molecule has 0 bridgehead atoms. The fourth-order valence-corrected chi connectivity index (χ4v) is 5.86. The number of hydrogen-bond acceptors (Lipinski definition) is 7. The van der Waals surface area contributed by atoms with Gasteiger partial charge in [-0.3, -0.25) is 9.59 Å². The maximum Gasteiger partial charge on any atom is 0.264 e. The molecule has 11 heteroatoms. The average Bonchev–Trinajstić information content (AvgIpc) is 3.32. The largest absolute Gasteiger partial charge is 0.488 e. The second-order valence-corrected chi connectivity index (χ2v) is 12.2. The van der Waals surface area contributed by atoms with Gasteiger partial charge in [-0.15, -0.1) is 0 Å². The predicted molar refractivity (Wildman–Crippen MR) is 170 cm³/mol. The number of benzene rings is 4. The van der Waals surface area contributed by atoms with Gasteiger partial charge in [0, 0.05) is 35.1 Å². The first-order valence-corrected chi connectivity index (χ1v) is 15.3. The number of amides is 2. The van der Waals surface area contributed by atoms with Gasteiger partial charge in [0.25, 0.3) is 15.9 Å². The Balaban J connectivity index is 0.00000423. The summed E-state index contributed by atoms with van der Waals surface area (Å²) < 4.78 is 33.1. The molecule has 0 atom stereocenters. The van der Waals surface area contributed by atoms with Gasteiger partial charge < -0.3 is 10.1 Å². The normalized spacial score (nSPS) is 14.7. The molecule has 1 aliphatic heterocycles. The van der Waals surface area contributed by atoms with Gasteiger partial charge in [0.2, 0.25) is 5.91 Å². The summed E-state index contributed by atoms with van der Waals surface area (Å²) in [5.74, 6) is -0.241. The number of ether oxygens (including phenoxy) is 1. The van der Waals surface area contributed by atoms with Gasteiger partial charge >= 0.3 is 0 Å². The van der Waals surface area contributed by atoms with Crippen molar-refractivity contribution in [3.05, 3.63) is 130 Å². The predicted octanol–water partition coefficient (Wildman–Crippen LogP) is 5.13. The van der Waals surface area contributed by atoms with Crippen LogP contribution in [0.3, 0.4) is 0 Å². The van der Waals surface area contributed by atoms with E-state index in [9.17, 15) is 18.0 Å². The first-order valence-electron chi connectivity index (χ1n) is 13.0. The number of thioether (sulfide) groups is 1. The van der Waals surface area contributed by atoms with Crippen LogP contribution >= 0.6 is 11.8 Å². The number of aryl methyl sites for hydroxylation is 1. The second kappa shape index (κ2) is 14.7. The average molecular weight is 621 g/mol. The number of nitrogens with one attached hydrogen (secondary N) is 2. The summed E-state index contributed by atoms with van der Waals surface area (Å²) in [6.45, 7) is 2.26. The molecule has 8 nitrogen and oxygen atoms in total. The first-order chi connectivity index (χ1) is 20.2. The molecule has 5 rings (SSSR count). The van der Waals surface area contributed by atoms with Crippen LogP contribution in [0.5, 0.6) is 5.75 Å². The van der Waals surface area contributed by atoms with Gasteiger partial charge in [-0.25, -0.2) is 18.1 Å². The quantitative estimate of drug-likeness (QED) is 0.198. The zero-order chi connectivity index (χ0) is 29.5. The molecule has 0 aliphatic carbocycles. The third-order valence-electron chi connectivity index (χ3n) is 6.20. The van der Waals surface area contributed by atoms with E-state index < -0.39 is 15.9 Å². The zero-order valence-corrected chi connectivity index (χ0v) is 27.2. The molecule has 0 unspecified atom stereocenters. The van der Waals surface area contributed by atoms with Gasteiger partial charge in [0.1, 0.15) is 12.4 Å². The number of carbonyl (C=O) groups excluding carboxylic acids is 2. The number of hydrogen-bond donors (Lipinski definition) is 2. The van der Waals surface area contributed by atoms with Crippen LogP contribution in [0.2, 0.25) is 0 Å². The van der Waals surface area contributed by atoms with Gasteiger partial charge in [-0.05, 0) is 66.2 Å². The Kier molecular flexibility index (Phi) is 11.0. The summed E-state index contributed by atoms with van der Waals surface area (Å²) in [6.07, 6.45) is 1.65. The van der Waals surface area contributed by atoms with E-state index in [4.69, 9.17) is 4.74 Å². The molecule has 1 aliphatic rings. The van der Waals surface area contributed by atoms with Gasteiger partial charge in [-0.1, -0.05) is 78.4 Å². The number of para-hydroxylation sites is 1. The van der Waals surface area contributed by atoms with E-state index in [1.54, 1.807) is 42.5 Å². The minimum absolute atomic E-state index is 0.